The molecule has 7 rings (SSSR count). The second-order valence-electron chi connectivity index (χ2n) is 11.9. The number of allylic oxidation sites excluding steroid dienone is 7. The Hall–Kier alpha value is -4.82. The lowest BCUT2D eigenvalue weighted by Crippen LogP contribution is -2.19. The van der Waals surface area contributed by atoms with Crippen molar-refractivity contribution in [3.63, 3.8) is 0 Å². The summed E-state index contributed by atoms with van der Waals surface area (Å²) < 4.78 is 0. The first-order chi connectivity index (χ1) is 21.1. The van der Waals surface area contributed by atoms with Crippen molar-refractivity contribution in [3.05, 3.63) is 156 Å². The Morgan fingerprint density at radius 2 is 1.19 bits per heavy atom. The molecule has 1 unspecified atom stereocenters. The van der Waals surface area contributed by atoms with Crippen molar-refractivity contribution in [2.24, 2.45) is 5.92 Å². The van der Waals surface area contributed by atoms with Gasteiger partial charge in [0.25, 0.3) is 0 Å². The summed E-state index contributed by atoms with van der Waals surface area (Å²) >= 11 is 0. The first kappa shape index (κ1) is 27.0. The van der Waals surface area contributed by atoms with Crippen LogP contribution in [0.3, 0.4) is 0 Å². The molecule has 0 fully saturated rings. The molecule has 0 aromatic heterocycles. The highest BCUT2D eigenvalue weighted by atomic mass is 15.2. The smallest absolute Gasteiger partial charge is 0.0467 e. The summed E-state index contributed by atoms with van der Waals surface area (Å²) in [5, 5.41) is 5.25. The second kappa shape index (κ2) is 11.5. The van der Waals surface area contributed by atoms with Crippen molar-refractivity contribution >= 4 is 44.3 Å². The molecule has 1 atom stereocenters. The highest BCUT2D eigenvalue weighted by Gasteiger charge is 2.20. The fourth-order valence-electron chi connectivity index (χ4n) is 6.74. The molecule has 0 spiro atoms. The molecule has 0 amide bonds. The summed E-state index contributed by atoms with van der Waals surface area (Å²) in [6, 6.07) is 35.5. The van der Waals surface area contributed by atoms with Crippen LogP contribution in [-0.4, -0.2) is 0 Å². The van der Waals surface area contributed by atoms with E-state index in [0.29, 0.717) is 5.92 Å². The number of hydrogen-bond donors (Lipinski definition) is 0. The van der Waals surface area contributed by atoms with Crippen molar-refractivity contribution < 1.29 is 0 Å². The van der Waals surface area contributed by atoms with Gasteiger partial charge in [-0.3, -0.25) is 0 Å². The molecule has 0 aliphatic heterocycles. The van der Waals surface area contributed by atoms with Crippen LogP contribution in [0, 0.1) is 19.8 Å². The van der Waals surface area contributed by atoms with E-state index in [4.69, 9.17) is 0 Å². The van der Waals surface area contributed by atoms with Crippen molar-refractivity contribution in [3.8, 4) is 0 Å². The molecule has 0 saturated carbocycles. The van der Waals surface area contributed by atoms with Crippen LogP contribution >= 0.6 is 0 Å². The van der Waals surface area contributed by atoms with Gasteiger partial charge in [0.15, 0.2) is 0 Å². The van der Waals surface area contributed by atoms with Gasteiger partial charge in [-0.1, -0.05) is 79.8 Å². The first-order valence-electron chi connectivity index (χ1n) is 15.5. The average molecular weight is 559 g/mol. The Balaban J connectivity index is 1.37. The Kier molecular flexibility index (Phi) is 7.20. The normalized spacial score (nSPS) is 16.3. The minimum Gasteiger partial charge on any atom is -0.314 e. The maximum absolute atomic E-state index is 2.44. The molecule has 5 aromatic rings. The monoisotopic (exact) mass is 558 g/mol. The van der Waals surface area contributed by atoms with Gasteiger partial charge < -0.3 is 9.80 Å². The minimum atomic E-state index is 0.518. The summed E-state index contributed by atoms with van der Waals surface area (Å²) in [6.45, 7) is 6.86. The van der Waals surface area contributed by atoms with E-state index in [1.807, 2.05) is 0 Å². The summed E-state index contributed by atoms with van der Waals surface area (Å²) in [5.41, 5.74) is 9.99. The molecular weight excluding hydrogens is 520 g/mol. The van der Waals surface area contributed by atoms with E-state index >= 15 is 0 Å². The van der Waals surface area contributed by atoms with E-state index in [1.165, 1.54) is 66.8 Å². The van der Waals surface area contributed by atoms with Crippen LogP contribution < -0.4 is 9.80 Å². The van der Waals surface area contributed by atoms with Gasteiger partial charge in [-0.25, -0.2) is 0 Å². The second-order valence-corrected chi connectivity index (χ2v) is 11.9. The van der Waals surface area contributed by atoms with Crippen LogP contribution in [0.1, 0.15) is 37.3 Å². The molecule has 2 aliphatic rings. The summed E-state index contributed by atoms with van der Waals surface area (Å²) in [6.07, 6.45) is 16.9. The lowest BCUT2D eigenvalue weighted by atomic mass is 9.91. The number of anilines is 4. The van der Waals surface area contributed by atoms with Crippen molar-refractivity contribution in [1.29, 1.82) is 0 Å². The first-order valence-corrected chi connectivity index (χ1v) is 15.5. The third-order valence-electron chi connectivity index (χ3n) is 8.95. The molecule has 0 N–H and O–H groups in total. The Morgan fingerprint density at radius 3 is 1.74 bits per heavy atom. The largest absolute Gasteiger partial charge is 0.314 e. The number of benzene rings is 5. The van der Waals surface area contributed by atoms with Crippen molar-refractivity contribution in [1.82, 2.24) is 0 Å². The van der Waals surface area contributed by atoms with E-state index in [2.05, 4.69) is 164 Å². The predicted molar refractivity (Wildman–Crippen MR) is 186 cm³/mol. The Bertz CT molecular complexity index is 1930. The third-order valence-corrected chi connectivity index (χ3v) is 8.95. The maximum atomic E-state index is 2.44. The molecular formula is C41H38N2. The van der Waals surface area contributed by atoms with Gasteiger partial charge in [-0.15, -0.1) is 0 Å². The van der Waals surface area contributed by atoms with Gasteiger partial charge in [-0.2, -0.15) is 0 Å². The predicted octanol–water partition coefficient (Wildman–Crippen LogP) is 11.6. The molecule has 0 radical (unpaired) electrons. The summed E-state index contributed by atoms with van der Waals surface area (Å²) in [4.78, 5) is 4.83. The standard InChI is InChI=1S/C41H38N2/c1-29-14-13-21-35(26-29)43(34-19-11-6-12-20-34)37-23-25-39-30(2)40-27-36(22-24-38(40)31(3)41(39)28-37)42(32-15-7-4-8-16-32)33-17-9-5-10-18-33/h4,6-9,11-25,27-29H,5,10,26H2,1-3H3. The van der Waals surface area contributed by atoms with E-state index < -0.39 is 0 Å². The Morgan fingerprint density at radius 1 is 0.605 bits per heavy atom. The molecule has 2 nitrogen and oxygen atoms in total. The third kappa shape index (κ3) is 5.08. The molecule has 0 saturated heterocycles. The van der Waals surface area contributed by atoms with Crippen LogP contribution in [0.25, 0.3) is 21.5 Å². The van der Waals surface area contributed by atoms with Gasteiger partial charge in [0, 0.05) is 34.1 Å². The van der Waals surface area contributed by atoms with Crippen LogP contribution in [0.5, 0.6) is 0 Å². The van der Waals surface area contributed by atoms with Crippen molar-refractivity contribution in [2.75, 3.05) is 9.80 Å². The van der Waals surface area contributed by atoms with Crippen LogP contribution in [-0.2, 0) is 0 Å². The molecule has 0 bridgehead atoms. The zero-order valence-corrected chi connectivity index (χ0v) is 25.3. The maximum Gasteiger partial charge on any atom is 0.0467 e. The zero-order valence-electron chi connectivity index (χ0n) is 25.3. The Labute approximate surface area is 255 Å². The van der Waals surface area contributed by atoms with E-state index in [0.717, 1.165) is 19.3 Å². The van der Waals surface area contributed by atoms with E-state index in [9.17, 15) is 0 Å². The van der Waals surface area contributed by atoms with Crippen LogP contribution in [0.2, 0.25) is 0 Å². The molecule has 0 heterocycles. The molecule has 2 heteroatoms. The summed E-state index contributed by atoms with van der Waals surface area (Å²) in [5.74, 6) is 0.518. The summed E-state index contributed by atoms with van der Waals surface area (Å²) in [7, 11) is 0. The van der Waals surface area contributed by atoms with E-state index in [1.54, 1.807) is 0 Å². The minimum absolute atomic E-state index is 0.518. The molecule has 212 valence electrons. The highest BCUT2D eigenvalue weighted by molar-refractivity contribution is 6.07. The van der Waals surface area contributed by atoms with Gasteiger partial charge in [-0.05, 0) is 132 Å². The van der Waals surface area contributed by atoms with Gasteiger partial charge >= 0.3 is 0 Å². The molecule has 5 aromatic carbocycles. The fourth-order valence-corrected chi connectivity index (χ4v) is 6.74. The van der Waals surface area contributed by atoms with Gasteiger partial charge in [0.2, 0.25) is 0 Å². The molecule has 2 aliphatic carbocycles. The lowest BCUT2D eigenvalue weighted by Gasteiger charge is -2.31. The number of rotatable bonds is 6. The van der Waals surface area contributed by atoms with Gasteiger partial charge in [0.05, 0.1) is 0 Å². The van der Waals surface area contributed by atoms with Crippen molar-refractivity contribution in [2.45, 2.75) is 40.0 Å². The van der Waals surface area contributed by atoms with E-state index in [-0.39, 0.29) is 0 Å². The van der Waals surface area contributed by atoms with Crippen LogP contribution in [0.15, 0.2) is 145 Å². The quantitative estimate of drug-likeness (QED) is 0.191. The average Bonchev–Trinajstić information content (AvgIpc) is 3.05. The molecule has 43 heavy (non-hydrogen) atoms. The number of fused-ring (bicyclic) bond motifs is 2. The highest BCUT2D eigenvalue weighted by Crippen LogP contribution is 2.41. The zero-order chi connectivity index (χ0) is 29.3. The van der Waals surface area contributed by atoms with Crippen LogP contribution in [0.4, 0.5) is 22.7 Å². The van der Waals surface area contributed by atoms with Gasteiger partial charge in [0.1, 0.15) is 0 Å². The fraction of sp³-hybridized carbons (Fsp3) is 0.171. The number of nitrogens with zero attached hydrogens (tertiary/aromatic N) is 2. The lowest BCUT2D eigenvalue weighted by molar-refractivity contribution is 0.696. The topological polar surface area (TPSA) is 6.48 Å². The number of aryl methyl sites for hydroxylation is 2. The number of para-hydroxylation sites is 2. The SMILES string of the molecule is Cc1c2ccc(N(C3=CC=CC(C)C3)c3ccccc3)cc2c(C)c2ccc(N(C3=CCCC=C3)c3ccccc3)cc12. The number of hydrogen-bond acceptors (Lipinski definition) is 2.